The zero-order valence-electron chi connectivity index (χ0n) is 28.9. The van der Waals surface area contributed by atoms with Crippen LogP contribution in [0.5, 0.6) is 0 Å². The van der Waals surface area contributed by atoms with Crippen molar-refractivity contribution in [2.24, 2.45) is 0 Å². The van der Waals surface area contributed by atoms with Crippen LogP contribution in [0.15, 0.2) is 140 Å². The number of aryl methyl sites for hydroxylation is 2. The smallest absolute Gasteiger partial charge is 0.0283 e. The zero-order chi connectivity index (χ0) is 38.6. The summed E-state index contributed by atoms with van der Waals surface area (Å²) in [7, 11) is 13.3. The van der Waals surface area contributed by atoms with Crippen LogP contribution < -0.4 is 0 Å². The maximum atomic E-state index is 12.6. The first-order valence-corrected chi connectivity index (χ1v) is 23.7. The van der Waals surface area contributed by atoms with Gasteiger partial charge in [0.05, 0.1) is 11.1 Å². The molecular weight excluding hydrogens is 821 g/mol. The molecule has 0 aromatic heterocycles. The van der Waals surface area contributed by atoms with E-state index in [0.717, 1.165) is 86.9 Å². The summed E-state index contributed by atoms with van der Waals surface area (Å²) in [4.78, 5) is 0. The number of halogens is 8. The Kier molecular flexibility index (Phi) is 15.8. The Bertz CT molecular complexity index is 2020. The molecule has 7 aromatic rings. The minimum absolute atomic E-state index is 0.616. The molecule has 0 amide bonds. The third-order valence-corrected chi connectivity index (χ3v) is 8.94. The van der Waals surface area contributed by atoms with Crippen LogP contribution in [0.2, 0.25) is 0 Å². The standard InChI is InChI=1S/2C18H14F3.C7H7Si.2ClH.Zr/c2*1-2-12-10-14-4-3-5-16(17(14)11-12)13-6-8-15(9-7-13)18(19,20)21;8-6-7-4-2-1-3-5-7;;;/h2*3-11H,2H2,1H3;1-5H,6H2;2*1H;/q2*-1;;;;+4/p-2. The van der Waals surface area contributed by atoms with Crippen LogP contribution in [0.4, 0.5) is 26.3 Å². The molecule has 0 saturated heterocycles. The number of rotatable bonds is 5. The predicted molar refractivity (Wildman–Crippen MR) is 206 cm³/mol. The first-order chi connectivity index (χ1) is 25.3. The summed E-state index contributed by atoms with van der Waals surface area (Å²) in [5, 5.41) is 4.44. The molecule has 0 nitrogen and oxygen atoms in total. The summed E-state index contributed by atoms with van der Waals surface area (Å²) < 4.78 is 75.7. The molecule has 0 bridgehead atoms. The summed E-state index contributed by atoms with van der Waals surface area (Å²) in [6.07, 6.45) is -6.69. The minimum Gasteiger partial charge on any atom is -0.0622 e. The fourth-order valence-electron chi connectivity index (χ4n) is 5.78. The van der Waals surface area contributed by atoms with Crippen molar-refractivity contribution in [1.29, 1.82) is 0 Å². The molecular formula is C43H35Cl2F6SiZr. The summed E-state index contributed by atoms with van der Waals surface area (Å²) in [5.74, 6) is 0. The van der Waals surface area contributed by atoms with Gasteiger partial charge in [0.25, 0.3) is 0 Å². The molecule has 0 atom stereocenters. The molecule has 10 heteroatoms. The SMILES string of the molecule is CCc1cc2c(-c3ccc(C(F)(F)F)cc3)cccc2[cH-]1.CCc1cc2c(-c3ccc(C(F)(F)F)cc3)cccc2[cH-]1.[Cl][Zr+2][Cl].[Si]Cc1ccccc1. The maximum Gasteiger partial charge on any atom is 0.0283 e. The van der Waals surface area contributed by atoms with E-state index in [9.17, 15) is 26.3 Å². The normalized spacial score (nSPS) is 11.1. The Morgan fingerprint density at radius 1 is 0.547 bits per heavy atom. The number of benzene rings is 5. The molecule has 53 heavy (non-hydrogen) atoms. The van der Waals surface area contributed by atoms with Crippen LogP contribution in [0.3, 0.4) is 0 Å². The van der Waals surface area contributed by atoms with Crippen molar-refractivity contribution in [3.63, 3.8) is 0 Å². The molecule has 7 rings (SSSR count). The second-order valence-electron chi connectivity index (χ2n) is 11.9. The van der Waals surface area contributed by atoms with E-state index in [0.29, 0.717) is 0 Å². The van der Waals surface area contributed by atoms with Crippen LogP contribution in [-0.4, -0.2) is 10.2 Å². The van der Waals surface area contributed by atoms with Crippen molar-refractivity contribution in [3.8, 4) is 22.3 Å². The van der Waals surface area contributed by atoms with E-state index in [1.807, 2.05) is 54.6 Å². The minimum atomic E-state index is -4.29. The Morgan fingerprint density at radius 2 is 0.925 bits per heavy atom. The summed E-state index contributed by atoms with van der Waals surface area (Å²) in [5.41, 5.74) is 6.13. The van der Waals surface area contributed by atoms with Crippen molar-refractivity contribution in [1.82, 2.24) is 0 Å². The van der Waals surface area contributed by atoms with Gasteiger partial charge in [-0.1, -0.05) is 97.3 Å². The molecule has 0 aliphatic heterocycles. The van der Waals surface area contributed by atoms with E-state index in [4.69, 9.17) is 17.0 Å². The number of hydrogen-bond donors (Lipinski definition) is 0. The Labute approximate surface area is 328 Å². The molecule has 0 fully saturated rings. The largest absolute Gasteiger partial charge is 0.0622 e. The third kappa shape index (κ3) is 11.8. The zero-order valence-corrected chi connectivity index (χ0v) is 33.9. The van der Waals surface area contributed by atoms with Crippen molar-refractivity contribution in [2.75, 3.05) is 0 Å². The van der Waals surface area contributed by atoms with E-state index in [-0.39, 0.29) is 0 Å². The van der Waals surface area contributed by atoms with Gasteiger partial charge in [0.2, 0.25) is 0 Å². The number of hydrogen-bond acceptors (Lipinski definition) is 0. The van der Waals surface area contributed by atoms with Gasteiger partial charge in [-0.3, -0.25) is 0 Å². The van der Waals surface area contributed by atoms with Crippen LogP contribution in [0.1, 0.15) is 41.7 Å². The molecule has 0 heterocycles. The Morgan fingerprint density at radius 3 is 1.23 bits per heavy atom. The Balaban J connectivity index is 0.000000185. The topological polar surface area (TPSA) is 0 Å². The molecule has 3 radical (unpaired) electrons. The fourth-order valence-corrected chi connectivity index (χ4v) is 6.01. The van der Waals surface area contributed by atoms with Crippen LogP contribution in [0.25, 0.3) is 43.8 Å². The molecule has 271 valence electrons. The first-order valence-electron chi connectivity index (χ1n) is 16.7. The van der Waals surface area contributed by atoms with Gasteiger partial charge in [-0.25, -0.2) is 0 Å². The van der Waals surface area contributed by atoms with E-state index < -0.39 is 44.3 Å². The van der Waals surface area contributed by atoms with Gasteiger partial charge in [-0.2, -0.15) is 38.5 Å². The number of fused-ring (bicyclic) bond motifs is 2. The van der Waals surface area contributed by atoms with Gasteiger partial charge in [-0.15, -0.1) is 69.1 Å². The molecule has 7 aromatic carbocycles. The monoisotopic (exact) mass is 853 g/mol. The summed E-state index contributed by atoms with van der Waals surface area (Å²) in [6, 6.07) is 42.2. The van der Waals surface area contributed by atoms with Crippen molar-refractivity contribution >= 4 is 48.8 Å². The van der Waals surface area contributed by atoms with E-state index in [2.05, 4.69) is 60.5 Å². The third-order valence-electron chi connectivity index (χ3n) is 8.53. The molecule has 0 spiro atoms. The van der Waals surface area contributed by atoms with Gasteiger partial charge < -0.3 is 0 Å². The fraction of sp³-hybridized carbons (Fsp3) is 0.163. The van der Waals surface area contributed by atoms with Gasteiger partial charge in [0.1, 0.15) is 0 Å². The van der Waals surface area contributed by atoms with Crippen LogP contribution in [0, 0.1) is 0 Å². The summed E-state index contributed by atoms with van der Waals surface area (Å²) in [6.45, 7) is 4.18. The average molecular weight is 856 g/mol. The first kappa shape index (κ1) is 42.3. The molecule has 0 aliphatic rings. The number of alkyl halides is 6. The molecule has 0 aliphatic carbocycles. The van der Waals surface area contributed by atoms with Gasteiger partial charge >= 0.3 is 50.2 Å². The van der Waals surface area contributed by atoms with Gasteiger partial charge in [0.15, 0.2) is 0 Å². The second kappa shape index (κ2) is 19.8. The van der Waals surface area contributed by atoms with Crippen molar-refractivity contribution in [3.05, 3.63) is 167 Å². The predicted octanol–water partition coefficient (Wildman–Crippen LogP) is 14.3. The van der Waals surface area contributed by atoms with Crippen molar-refractivity contribution in [2.45, 2.75) is 45.1 Å². The van der Waals surface area contributed by atoms with Crippen LogP contribution in [-0.2, 0) is 52.1 Å². The van der Waals surface area contributed by atoms with E-state index in [1.54, 1.807) is 0 Å². The second-order valence-corrected chi connectivity index (χ2v) is 16.0. The van der Waals surface area contributed by atoms with Crippen LogP contribution >= 0.6 is 17.0 Å². The van der Waals surface area contributed by atoms with E-state index >= 15 is 0 Å². The Hall–Kier alpha value is -3.42. The van der Waals surface area contributed by atoms with Gasteiger partial charge in [0, 0.05) is 10.2 Å². The average Bonchev–Trinajstić information content (AvgIpc) is 3.80. The molecule has 0 unspecified atom stereocenters. The van der Waals surface area contributed by atoms with E-state index in [1.165, 1.54) is 41.0 Å². The van der Waals surface area contributed by atoms with Crippen molar-refractivity contribution < 1.29 is 47.2 Å². The molecule has 0 saturated carbocycles. The summed E-state index contributed by atoms with van der Waals surface area (Å²) >= 11 is -0.826. The maximum absolute atomic E-state index is 12.6. The quantitative estimate of drug-likeness (QED) is 0.0919. The molecule has 0 N–H and O–H groups in total. The van der Waals surface area contributed by atoms with Gasteiger partial charge in [-0.05, 0) is 54.3 Å².